The quantitative estimate of drug-likeness (QED) is 0.0738. The fraction of sp³-hybridized carbons (Fsp3) is 0.500. The zero-order valence-corrected chi connectivity index (χ0v) is 36.1. The van der Waals surface area contributed by atoms with Crippen LogP contribution in [0.5, 0.6) is 0 Å². The lowest BCUT2D eigenvalue weighted by molar-refractivity contribution is 0.0491. The van der Waals surface area contributed by atoms with Crippen molar-refractivity contribution in [2.75, 3.05) is 53.9 Å². The monoisotopic (exact) mass is 783 g/mol. The summed E-state index contributed by atoms with van der Waals surface area (Å²) in [6.45, 7) is 12.1. The number of benzene rings is 4. The van der Waals surface area contributed by atoms with Crippen LogP contribution in [0.15, 0.2) is 97.1 Å². The van der Waals surface area contributed by atoms with Crippen LogP contribution in [0.25, 0.3) is 22.3 Å². The first kappa shape index (κ1) is 44.8. The van der Waals surface area contributed by atoms with E-state index in [9.17, 15) is 10.5 Å². The molecule has 0 fully saturated rings. The third kappa shape index (κ3) is 10.7. The van der Waals surface area contributed by atoms with Crippen LogP contribution in [0.2, 0.25) is 0 Å². The van der Waals surface area contributed by atoms with Gasteiger partial charge in [0.05, 0.1) is 49.4 Å². The van der Waals surface area contributed by atoms with Crippen molar-refractivity contribution in [2.45, 2.75) is 103 Å². The number of ether oxygens (including phenoxy) is 4. The van der Waals surface area contributed by atoms with Crippen LogP contribution in [-0.2, 0) is 29.8 Å². The minimum absolute atomic E-state index is 0.0424. The first-order valence-corrected chi connectivity index (χ1v) is 21.4. The van der Waals surface area contributed by atoms with E-state index >= 15 is 0 Å². The largest absolute Gasteiger partial charge is 0.382 e. The van der Waals surface area contributed by atoms with Crippen molar-refractivity contribution in [3.05, 3.63) is 119 Å². The second-order valence-corrected chi connectivity index (χ2v) is 17.5. The first-order chi connectivity index (χ1) is 28.1. The van der Waals surface area contributed by atoms with E-state index < -0.39 is 0 Å². The SMILES string of the molecule is CC(C)(C#N)CCCCC1(CCCCC(C)(C)C#N)c2ccccc2-c2ccccc21.COCCOCCC1(CCOCCOC)c2ccccc2-c2ccccc21. The summed E-state index contributed by atoms with van der Waals surface area (Å²) in [6, 6.07) is 40.2. The Kier molecular flexibility index (Phi) is 16.3. The van der Waals surface area contributed by atoms with Gasteiger partial charge in [-0.1, -0.05) is 123 Å². The van der Waals surface area contributed by atoms with Crippen molar-refractivity contribution in [1.82, 2.24) is 0 Å². The van der Waals surface area contributed by atoms with Crippen molar-refractivity contribution in [2.24, 2.45) is 10.8 Å². The van der Waals surface area contributed by atoms with Crippen LogP contribution < -0.4 is 0 Å². The van der Waals surface area contributed by atoms with Gasteiger partial charge in [-0.2, -0.15) is 10.5 Å². The van der Waals surface area contributed by atoms with Gasteiger partial charge in [0.1, 0.15) is 0 Å². The van der Waals surface area contributed by atoms with E-state index in [0.29, 0.717) is 39.6 Å². The molecule has 0 radical (unpaired) electrons. The van der Waals surface area contributed by atoms with Gasteiger partial charge in [0, 0.05) is 38.3 Å². The van der Waals surface area contributed by atoms with Gasteiger partial charge in [-0.15, -0.1) is 0 Å². The van der Waals surface area contributed by atoms with Gasteiger partial charge in [-0.05, 0) is 111 Å². The Bertz CT molecular complexity index is 1840. The lowest BCUT2D eigenvalue weighted by Gasteiger charge is -2.33. The highest BCUT2D eigenvalue weighted by molar-refractivity contribution is 5.82. The van der Waals surface area contributed by atoms with Crippen LogP contribution in [0.3, 0.4) is 0 Å². The summed E-state index contributed by atoms with van der Waals surface area (Å²) in [5.74, 6) is 0. The normalized spacial score (nSPS) is 14.3. The van der Waals surface area contributed by atoms with Crippen LogP contribution in [0.4, 0.5) is 0 Å². The number of unbranched alkanes of at least 4 members (excludes halogenated alkanes) is 2. The smallest absolute Gasteiger partial charge is 0.0700 e. The van der Waals surface area contributed by atoms with Crippen LogP contribution in [-0.4, -0.2) is 53.9 Å². The van der Waals surface area contributed by atoms with Crippen molar-refractivity contribution in [3.8, 4) is 34.4 Å². The lowest BCUT2D eigenvalue weighted by Crippen LogP contribution is -2.29. The summed E-state index contributed by atoms with van der Waals surface area (Å²) >= 11 is 0. The molecule has 0 saturated heterocycles. The summed E-state index contributed by atoms with van der Waals surface area (Å²) in [5.41, 5.74) is 10.6. The fourth-order valence-corrected chi connectivity index (χ4v) is 9.24. The van der Waals surface area contributed by atoms with Gasteiger partial charge in [-0.25, -0.2) is 0 Å². The fourth-order valence-electron chi connectivity index (χ4n) is 9.24. The summed E-state index contributed by atoms with van der Waals surface area (Å²) in [4.78, 5) is 0. The highest BCUT2D eigenvalue weighted by Gasteiger charge is 2.43. The number of hydrogen-bond donors (Lipinski definition) is 0. The molecule has 6 rings (SSSR count). The molecule has 0 spiro atoms. The number of nitrogens with zero attached hydrogens (tertiary/aromatic N) is 2. The van der Waals surface area contributed by atoms with Crippen molar-refractivity contribution in [3.63, 3.8) is 0 Å². The molecule has 0 amide bonds. The molecule has 308 valence electrons. The predicted octanol–water partition coefficient (Wildman–Crippen LogP) is 12.2. The molecule has 6 heteroatoms. The minimum atomic E-state index is -0.248. The Morgan fingerprint density at radius 2 is 0.741 bits per heavy atom. The van der Waals surface area contributed by atoms with E-state index in [1.54, 1.807) is 14.2 Å². The Labute approximate surface area is 349 Å². The molecule has 0 bridgehead atoms. The third-order valence-corrected chi connectivity index (χ3v) is 12.5. The zero-order valence-electron chi connectivity index (χ0n) is 36.1. The van der Waals surface area contributed by atoms with Crippen molar-refractivity contribution in [1.29, 1.82) is 10.5 Å². The molecule has 58 heavy (non-hydrogen) atoms. The van der Waals surface area contributed by atoms with Gasteiger partial charge in [0.15, 0.2) is 0 Å². The average Bonchev–Trinajstić information content (AvgIpc) is 3.68. The molecule has 2 aliphatic rings. The molecule has 0 atom stereocenters. The van der Waals surface area contributed by atoms with E-state index in [0.717, 1.165) is 64.2 Å². The molecular weight excluding hydrogens is 717 g/mol. The first-order valence-electron chi connectivity index (χ1n) is 21.4. The maximum Gasteiger partial charge on any atom is 0.0700 e. The third-order valence-electron chi connectivity index (χ3n) is 12.5. The summed E-state index contributed by atoms with van der Waals surface area (Å²) in [5, 5.41) is 18.7. The number of nitriles is 2. The predicted molar refractivity (Wildman–Crippen MR) is 236 cm³/mol. The Morgan fingerprint density at radius 1 is 0.431 bits per heavy atom. The van der Waals surface area contributed by atoms with Gasteiger partial charge in [0.2, 0.25) is 0 Å². The van der Waals surface area contributed by atoms with Gasteiger partial charge in [0.25, 0.3) is 0 Å². The number of methoxy groups -OCH3 is 2. The van der Waals surface area contributed by atoms with Crippen LogP contribution >= 0.6 is 0 Å². The van der Waals surface area contributed by atoms with E-state index in [1.165, 1.54) is 44.5 Å². The van der Waals surface area contributed by atoms with Gasteiger partial charge < -0.3 is 18.9 Å². The highest BCUT2D eigenvalue weighted by Crippen LogP contribution is 2.55. The molecule has 4 aromatic rings. The Morgan fingerprint density at radius 3 is 1.05 bits per heavy atom. The Balaban J connectivity index is 0.000000223. The number of rotatable bonds is 22. The summed E-state index contributed by atoms with van der Waals surface area (Å²) in [7, 11) is 3.40. The molecule has 0 aliphatic heterocycles. The van der Waals surface area contributed by atoms with E-state index in [2.05, 4.69) is 109 Å². The molecule has 0 heterocycles. The maximum atomic E-state index is 9.37. The summed E-state index contributed by atoms with van der Waals surface area (Å²) < 4.78 is 21.9. The zero-order chi connectivity index (χ0) is 41.5. The number of hydrogen-bond acceptors (Lipinski definition) is 6. The summed E-state index contributed by atoms with van der Waals surface area (Å²) in [6.07, 6.45) is 10.4. The van der Waals surface area contributed by atoms with Crippen molar-refractivity contribution >= 4 is 0 Å². The van der Waals surface area contributed by atoms with Crippen LogP contribution in [0.1, 0.15) is 114 Å². The molecule has 0 unspecified atom stereocenters. The lowest BCUT2D eigenvalue weighted by atomic mass is 9.70. The maximum absolute atomic E-state index is 9.37. The molecule has 0 saturated carbocycles. The molecule has 0 N–H and O–H groups in total. The standard InChI is InChI=1S/C29H36N2.C23H30O4/c1-27(2,21-30)17-9-11-19-29(20-12-10-18-28(3,4)22-31)25-15-7-5-13-23(25)24-14-6-8-16-26(24)29;1-24-15-17-26-13-11-23(12-14-27-18-16-25-2)21-9-5-3-7-19(21)20-8-4-6-10-22(20)23/h5-8,13-16H,9-12,17-20H2,1-4H3;3-10H,11-18H2,1-2H3. The molecule has 4 aromatic carbocycles. The second kappa shape index (κ2) is 21.1. The number of fused-ring (bicyclic) bond motifs is 6. The highest BCUT2D eigenvalue weighted by atomic mass is 16.5. The van der Waals surface area contributed by atoms with E-state index in [1.807, 2.05) is 27.7 Å². The van der Waals surface area contributed by atoms with Crippen LogP contribution in [0, 0.1) is 33.5 Å². The van der Waals surface area contributed by atoms with E-state index in [4.69, 9.17) is 18.9 Å². The molecule has 2 aliphatic carbocycles. The Hall–Kier alpha value is -4.30. The topological polar surface area (TPSA) is 84.5 Å². The van der Waals surface area contributed by atoms with Crippen molar-refractivity contribution < 1.29 is 18.9 Å². The van der Waals surface area contributed by atoms with Gasteiger partial charge in [-0.3, -0.25) is 0 Å². The van der Waals surface area contributed by atoms with E-state index in [-0.39, 0.29) is 21.7 Å². The molecule has 0 aromatic heterocycles. The molecule has 6 nitrogen and oxygen atoms in total. The minimum Gasteiger partial charge on any atom is -0.382 e. The van der Waals surface area contributed by atoms with Gasteiger partial charge >= 0.3 is 0 Å². The second-order valence-electron chi connectivity index (χ2n) is 17.5. The average molecular weight is 783 g/mol. The molecular formula is C52H66N2O4.